The van der Waals surface area contributed by atoms with Gasteiger partial charge in [-0.2, -0.15) is 0 Å². The lowest BCUT2D eigenvalue weighted by molar-refractivity contribution is -0.118. The van der Waals surface area contributed by atoms with Crippen LogP contribution in [0.4, 0.5) is 11.4 Å². The summed E-state index contributed by atoms with van der Waals surface area (Å²) in [6.45, 7) is 3.48. The number of hydrogen-bond acceptors (Lipinski definition) is 5. The SMILES string of the molecule is COc1ccc(C(=O)O)cc1S(=O)(=O)Nc1cccc(NC(=O)C(C)C)c1. The zero-order valence-electron chi connectivity index (χ0n) is 15.0. The van der Waals surface area contributed by atoms with Gasteiger partial charge in [-0.25, -0.2) is 13.2 Å². The van der Waals surface area contributed by atoms with Crippen molar-refractivity contribution in [2.24, 2.45) is 5.92 Å². The summed E-state index contributed by atoms with van der Waals surface area (Å²) in [5, 5.41) is 11.8. The molecule has 0 atom stereocenters. The lowest BCUT2D eigenvalue weighted by Gasteiger charge is -2.13. The largest absolute Gasteiger partial charge is 0.495 e. The number of carboxylic acid groups (broad SMARTS) is 1. The van der Waals surface area contributed by atoms with Crippen molar-refractivity contribution in [1.82, 2.24) is 0 Å². The molecule has 0 heterocycles. The number of amides is 1. The van der Waals surface area contributed by atoms with Crippen LogP contribution in [0.15, 0.2) is 47.4 Å². The van der Waals surface area contributed by atoms with Gasteiger partial charge in [-0.15, -0.1) is 0 Å². The van der Waals surface area contributed by atoms with Gasteiger partial charge in [0, 0.05) is 11.6 Å². The number of ether oxygens (including phenoxy) is 1. The van der Waals surface area contributed by atoms with Crippen LogP contribution in [0.5, 0.6) is 5.75 Å². The standard InChI is InChI=1S/C18H20N2O6S/c1-11(2)17(21)19-13-5-4-6-14(10-13)20-27(24,25)16-9-12(18(22)23)7-8-15(16)26-3/h4-11,20H,1-3H3,(H,19,21)(H,22,23). The van der Waals surface area contributed by atoms with Crippen LogP contribution in [-0.2, 0) is 14.8 Å². The molecule has 144 valence electrons. The number of carbonyl (C=O) groups excluding carboxylic acids is 1. The minimum Gasteiger partial charge on any atom is -0.495 e. The minimum absolute atomic E-state index is 0.0109. The van der Waals surface area contributed by atoms with Crippen LogP contribution in [-0.4, -0.2) is 32.5 Å². The quantitative estimate of drug-likeness (QED) is 0.666. The number of sulfonamides is 1. The van der Waals surface area contributed by atoms with E-state index in [1.165, 1.54) is 31.4 Å². The Balaban J connectivity index is 2.35. The Bertz CT molecular complexity index is 970. The first kappa shape index (κ1) is 20.2. The first-order chi connectivity index (χ1) is 12.6. The summed E-state index contributed by atoms with van der Waals surface area (Å²) in [5.41, 5.74) is 0.452. The van der Waals surface area contributed by atoms with Crippen LogP contribution in [0.3, 0.4) is 0 Å². The topological polar surface area (TPSA) is 122 Å². The van der Waals surface area contributed by atoms with Crippen LogP contribution in [0.1, 0.15) is 24.2 Å². The van der Waals surface area contributed by atoms with Crippen molar-refractivity contribution in [3.05, 3.63) is 48.0 Å². The number of aromatic carboxylic acids is 1. The van der Waals surface area contributed by atoms with Crippen LogP contribution in [0.25, 0.3) is 0 Å². The van der Waals surface area contributed by atoms with Crippen LogP contribution in [0.2, 0.25) is 0 Å². The van der Waals surface area contributed by atoms with Crippen molar-refractivity contribution in [2.45, 2.75) is 18.7 Å². The molecule has 0 aliphatic carbocycles. The molecular weight excluding hydrogens is 372 g/mol. The number of carboxylic acids is 1. The molecule has 0 radical (unpaired) electrons. The number of carbonyl (C=O) groups is 2. The summed E-state index contributed by atoms with van der Waals surface area (Å²) in [6, 6.07) is 9.73. The predicted octanol–water partition coefficient (Wildman–Crippen LogP) is 2.79. The highest BCUT2D eigenvalue weighted by atomic mass is 32.2. The maximum Gasteiger partial charge on any atom is 0.335 e. The molecule has 0 spiro atoms. The molecule has 2 rings (SSSR count). The van der Waals surface area contributed by atoms with E-state index < -0.39 is 16.0 Å². The molecule has 0 aromatic heterocycles. The Morgan fingerprint density at radius 1 is 1.07 bits per heavy atom. The van der Waals surface area contributed by atoms with Crippen molar-refractivity contribution in [1.29, 1.82) is 0 Å². The van der Waals surface area contributed by atoms with Crippen molar-refractivity contribution < 1.29 is 27.9 Å². The van der Waals surface area contributed by atoms with Gasteiger partial charge in [0.1, 0.15) is 10.6 Å². The van der Waals surface area contributed by atoms with Crippen LogP contribution < -0.4 is 14.8 Å². The van der Waals surface area contributed by atoms with Gasteiger partial charge in [0.05, 0.1) is 18.4 Å². The molecule has 8 nitrogen and oxygen atoms in total. The van der Waals surface area contributed by atoms with Crippen LogP contribution >= 0.6 is 0 Å². The summed E-state index contributed by atoms with van der Waals surface area (Å²) in [4.78, 5) is 22.6. The van der Waals surface area contributed by atoms with Gasteiger partial charge >= 0.3 is 5.97 Å². The van der Waals surface area contributed by atoms with Crippen molar-refractivity contribution in [2.75, 3.05) is 17.1 Å². The number of benzene rings is 2. The molecule has 0 aliphatic rings. The number of rotatable bonds is 7. The third-order valence-corrected chi connectivity index (χ3v) is 5.01. The first-order valence-corrected chi connectivity index (χ1v) is 9.47. The Labute approximate surface area is 157 Å². The van der Waals surface area contributed by atoms with Gasteiger partial charge in [-0.05, 0) is 36.4 Å². The molecule has 2 aromatic rings. The lowest BCUT2D eigenvalue weighted by Crippen LogP contribution is -2.18. The molecule has 0 unspecified atom stereocenters. The fourth-order valence-corrected chi connectivity index (χ4v) is 3.42. The van der Waals surface area contributed by atoms with Crippen LogP contribution in [0, 0.1) is 5.92 Å². The first-order valence-electron chi connectivity index (χ1n) is 7.99. The maximum atomic E-state index is 12.7. The molecule has 27 heavy (non-hydrogen) atoms. The van der Waals surface area contributed by atoms with Gasteiger partial charge in [0.2, 0.25) is 5.91 Å². The predicted molar refractivity (Wildman–Crippen MR) is 101 cm³/mol. The normalized spacial score (nSPS) is 11.1. The third-order valence-electron chi connectivity index (χ3n) is 3.61. The average Bonchev–Trinajstić information content (AvgIpc) is 2.60. The molecule has 0 saturated carbocycles. The molecule has 1 amide bonds. The van der Waals surface area contributed by atoms with E-state index in [0.717, 1.165) is 6.07 Å². The van der Waals surface area contributed by atoms with E-state index in [2.05, 4.69) is 10.0 Å². The Hall–Kier alpha value is -3.07. The Morgan fingerprint density at radius 2 is 1.74 bits per heavy atom. The second kappa shape index (κ2) is 8.09. The smallest absolute Gasteiger partial charge is 0.335 e. The Kier molecular flexibility index (Phi) is 6.06. The van der Waals surface area contributed by atoms with Crippen molar-refractivity contribution in [3.8, 4) is 5.75 Å². The molecule has 3 N–H and O–H groups in total. The number of hydrogen-bond donors (Lipinski definition) is 3. The summed E-state index contributed by atoms with van der Waals surface area (Å²) < 4.78 is 32.9. The molecule has 0 aliphatic heterocycles. The Morgan fingerprint density at radius 3 is 2.33 bits per heavy atom. The second-order valence-corrected chi connectivity index (χ2v) is 7.65. The van der Waals surface area contributed by atoms with Crippen molar-refractivity contribution in [3.63, 3.8) is 0 Å². The van der Waals surface area contributed by atoms with E-state index >= 15 is 0 Å². The van der Waals surface area contributed by atoms with E-state index in [-0.39, 0.29) is 33.7 Å². The molecule has 0 bridgehead atoms. The summed E-state index contributed by atoms with van der Waals surface area (Å²) in [6.07, 6.45) is 0. The van der Waals surface area contributed by atoms with Crippen molar-refractivity contribution >= 4 is 33.3 Å². The van der Waals surface area contributed by atoms with Gasteiger partial charge in [0.25, 0.3) is 10.0 Å². The van der Waals surface area contributed by atoms with Gasteiger partial charge in [-0.3, -0.25) is 9.52 Å². The molecule has 0 fully saturated rings. The average molecular weight is 392 g/mol. The van der Waals surface area contributed by atoms with E-state index in [1.54, 1.807) is 26.0 Å². The number of anilines is 2. The minimum atomic E-state index is -4.12. The fourth-order valence-electron chi connectivity index (χ4n) is 2.18. The zero-order valence-corrected chi connectivity index (χ0v) is 15.8. The monoisotopic (exact) mass is 392 g/mol. The van der Waals surface area contributed by atoms with E-state index in [1.807, 2.05) is 0 Å². The molecular formula is C18H20N2O6S. The number of nitrogens with one attached hydrogen (secondary N) is 2. The number of methoxy groups -OCH3 is 1. The maximum absolute atomic E-state index is 12.7. The lowest BCUT2D eigenvalue weighted by atomic mass is 10.2. The molecule has 0 saturated heterocycles. The zero-order chi connectivity index (χ0) is 20.2. The molecule has 9 heteroatoms. The summed E-state index contributed by atoms with van der Waals surface area (Å²) in [7, 11) is -2.84. The highest BCUT2D eigenvalue weighted by Crippen LogP contribution is 2.28. The summed E-state index contributed by atoms with van der Waals surface area (Å²) >= 11 is 0. The summed E-state index contributed by atoms with van der Waals surface area (Å²) in [5.74, 6) is -1.68. The highest BCUT2D eigenvalue weighted by molar-refractivity contribution is 7.92. The fraction of sp³-hybridized carbons (Fsp3) is 0.222. The van der Waals surface area contributed by atoms with E-state index in [9.17, 15) is 18.0 Å². The van der Waals surface area contributed by atoms with E-state index in [4.69, 9.17) is 9.84 Å². The second-order valence-electron chi connectivity index (χ2n) is 6.00. The molecule has 2 aromatic carbocycles. The van der Waals surface area contributed by atoms with Gasteiger partial charge in [-0.1, -0.05) is 19.9 Å². The van der Waals surface area contributed by atoms with Gasteiger partial charge in [0.15, 0.2) is 0 Å². The van der Waals surface area contributed by atoms with Gasteiger partial charge < -0.3 is 15.2 Å². The highest BCUT2D eigenvalue weighted by Gasteiger charge is 2.22. The van der Waals surface area contributed by atoms with E-state index in [0.29, 0.717) is 5.69 Å². The third kappa shape index (κ3) is 4.98.